The number of ether oxygens (including phenoxy) is 1. The highest BCUT2D eigenvalue weighted by atomic mass is 16.5. The molecule has 2 unspecified atom stereocenters. The molecule has 0 aromatic carbocycles. The van der Waals surface area contributed by atoms with Crippen molar-refractivity contribution < 1.29 is 14.6 Å². The zero-order valence-electron chi connectivity index (χ0n) is 9.61. The molecule has 1 aliphatic rings. The highest BCUT2D eigenvalue weighted by Gasteiger charge is 2.36. The normalized spacial score (nSPS) is 24.8. The minimum absolute atomic E-state index is 0.314. The van der Waals surface area contributed by atoms with Gasteiger partial charge in [0.25, 0.3) is 0 Å². The average Bonchev–Trinajstić information content (AvgIpc) is 2.70. The fraction of sp³-hybridized carbons (Fsp3) is 0.545. The molecule has 1 N–H and O–H groups in total. The van der Waals surface area contributed by atoms with E-state index in [0.717, 1.165) is 5.69 Å². The van der Waals surface area contributed by atoms with Crippen LogP contribution in [0.15, 0.2) is 18.6 Å². The zero-order chi connectivity index (χ0) is 12.3. The van der Waals surface area contributed by atoms with Gasteiger partial charge >= 0.3 is 5.97 Å². The molecule has 0 spiro atoms. The van der Waals surface area contributed by atoms with Crippen LogP contribution in [0.2, 0.25) is 0 Å². The summed E-state index contributed by atoms with van der Waals surface area (Å²) in [6, 6.07) is -0.392. The van der Waals surface area contributed by atoms with E-state index in [0.29, 0.717) is 19.5 Å². The average molecular weight is 237 g/mol. The van der Waals surface area contributed by atoms with Crippen molar-refractivity contribution in [2.24, 2.45) is 0 Å². The molecule has 0 aliphatic carbocycles. The van der Waals surface area contributed by atoms with Gasteiger partial charge in [-0.25, -0.2) is 0 Å². The van der Waals surface area contributed by atoms with Gasteiger partial charge in [0.2, 0.25) is 0 Å². The van der Waals surface area contributed by atoms with Crippen LogP contribution in [-0.4, -0.2) is 51.7 Å². The highest BCUT2D eigenvalue weighted by molar-refractivity contribution is 5.76. The molecule has 1 fully saturated rings. The largest absolute Gasteiger partial charge is 0.468 e. The van der Waals surface area contributed by atoms with Crippen molar-refractivity contribution in [1.82, 2.24) is 14.9 Å². The number of aliphatic hydroxyl groups is 1. The molecule has 2 atom stereocenters. The molecule has 1 saturated heterocycles. The van der Waals surface area contributed by atoms with Crippen LogP contribution in [0.25, 0.3) is 0 Å². The maximum absolute atomic E-state index is 11.5. The van der Waals surface area contributed by atoms with Crippen LogP contribution in [0.4, 0.5) is 0 Å². The molecule has 0 bridgehead atoms. The van der Waals surface area contributed by atoms with Gasteiger partial charge in [0.15, 0.2) is 0 Å². The fourth-order valence-corrected chi connectivity index (χ4v) is 2.06. The maximum atomic E-state index is 11.5. The van der Waals surface area contributed by atoms with Gasteiger partial charge in [0.05, 0.1) is 18.9 Å². The Kier molecular flexibility index (Phi) is 3.65. The standard InChI is InChI=1S/C11H15N3O3/c1-17-11(16)10-4-9(15)7-14(10)6-8-5-12-2-3-13-8/h2-3,5,9-10,15H,4,6-7H2,1H3. The Bertz CT molecular complexity index is 385. The smallest absolute Gasteiger partial charge is 0.323 e. The number of rotatable bonds is 3. The Balaban J connectivity index is 2.06. The van der Waals surface area contributed by atoms with Crippen LogP contribution >= 0.6 is 0 Å². The number of β-amino-alcohol motifs (C(OH)–C–C–N with tert-alkyl or cyclic N) is 1. The first kappa shape index (κ1) is 11.9. The zero-order valence-corrected chi connectivity index (χ0v) is 9.61. The summed E-state index contributed by atoms with van der Waals surface area (Å²) in [5.74, 6) is -0.314. The number of aromatic nitrogens is 2. The molecule has 17 heavy (non-hydrogen) atoms. The Morgan fingerprint density at radius 3 is 3.12 bits per heavy atom. The van der Waals surface area contributed by atoms with Crippen LogP contribution in [0.5, 0.6) is 0 Å². The van der Waals surface area contributed by atoms with Crippen molar-refractivity contribution >= 4 is 5.97 Å². The van der Waals surface area contributed by atoms with Gasteiger partial charge in [-0.1, -0.05) is 0 Å². The summed E-state index contributed by atoms with van der Waals surface area (Å²) in [6.45, 7) is 0.945. The fourth-order valence-electron chi connectivity index (χ4n) is 2.06. The summed E-state index contributed by atoms with van der Waals surface area (Å²) in [4.78, 5) is 21.5. The van der Waals surface area contributed by atoms with Crippen LogP contribution in [0.3, 0.4) is 0 Å². The molecule has 1 aromatic rings. The molecule has 0 amide bonds. The van der Waals surface area contributed by atoms with E-state index in [1.165, 1.54) is 7.11 Å². The van der Waals surface area contributed by atoms with Gasteiger partial charge < -0.3 is 9.84 Å². The van der Waals surface area contributed by atoms with Crippen molar-refractivity contribution in [2.75, 3.05) is 13.7 Å². The number of esters is 1. The lowest BCUT2D eigenvalue weighted by Gasteiger charge is -2.21. The topological polar surface area (TPSA) is 75.6 Å². The van der Waals surface area contributed by atoms with E-state index >= 15 is 0 Å². The van der Waals surface area contributed by atoms with E-state index < -0.39 is 12.1 Å². The molecule has 6 nitrogen and oxygen atoms in total. The Morgan fingerprint density at radius 1 is 1.65 bits per heavy atom. The van der Waals surface area contributed by atoms with Crippen molar-refractivity contribution in [3.63, 3.8) is 0 Å². The predicted molar refractivity (Wildman–Crippen MR) is 58.9 cm³/mol. The lowest BCUT2D eigenvalue weighted by molar-refractivity contribution is -0.146. The second kappa shape index (κ2) is 5.20. The van der Waals surface area contributed by atoms with Gasteiger partial charge in [-0.15, -0.1) is 0 Å². The molecule has 1 aromatic heterocycles. The first-order valence-electron chi connectivity index (χ1n) is 5.45. The number of likely N-dealkylation sites (tertiary alicyclic amines) is 1. The van der Waals surface area contributed by atoms with Crippen LogP contribution in [0, 0.1) is 0 Å². The van der Waals surface area contributed by atoms with Crippen LogP contribution in [-0.2, 0) is 16.1 Å². The van der Waals surface area contributed by atoms with Crippen molar-refractivity contribution in [1.29, 1.82) is 0 Å². The number of methoxy groups -OCH3 is 1. The van der Waals surface area contributed by atoms with E-state index in [1.807, 2.05) is 4.90 Å². The Morgan fingerprint density at radius 2 is 2.47 bits per heavy atom. The molecular weight excluding hydrogens is 222 g/mol. The van der Waals surface area contributed by atoms with Crippen LogP contribution in [0.1, 0.15) is 12.1 Å². The van der Waals surface area contributed by atoms with E-state index in [-0.39, 0.29) is 5.97 Å². The second-order valence-electron chi connectivity index (χ2n) is 4.05. The molecule has 0 radical (unpaired) electrons. The summed E-state index contributed by atoms with van der Waals surface area (Å²) in [7, 11) is 1.35. The molecule has 2 rings (SSSR count). The predicted octanol–water partition coefficient (Wildman–Crippen LogP) is -0.415. The Hall–Kier alpha value is -1.53. The first-order chi connectivity index (χ1) is 8.20. The number of nitrogens with zero attached hydrogens (tertiary/aromatic N) is 3. The second-order valence-corrected chi connectivity index (χ2v) is 4.05. The number of aliphatic hydroxyl groups excluding tert-OH is 1. The van der Waals surface area contributed by atoms with Gasteiger partial charge in [-0.05, 0) is 0 Å². The number of hydrogen-bond donors (Lipinski definition) is 1. The van der Waals surface area contributed by atoms with Crippen LogP contribution < -0.4 is 0 Å². The van der Waals surface area contributed by atoms with Crippen molar-refractivity contribution in [3.05, 3.63) is 24.3 Å². The minimum atomic E-state index is -0.490. The van der Waals surface area contributed by atoms with Gasteiger partial charge in [-0.3, -0.25) is 19.7 Å². The monoisotopic (exact) mass is 237 g/mol. The quantitative estimate of drug-likeness (QED) is 0.720. The van der Waals surface area contributed by atoms with Crippen molar-refractivity contribution in [2.45, 2.75) is 25.1 Å². The van der Waals surface area contributed by atoms with Gasteiger partial charge in [0.1, 0.15) is 6.04 Å². The third-order valence-corrected chi connectivity index (χ3v) is 2.84. The Labute approximate surface area is 99.2 Å². The molecule has 2 heterocycles. The SMILES string of the molecule is COC(=O)C1CC(O)CN1Cc1cnccn1. The highest BCUT2D eigenvalue weighted by Crippen LogP contribution is 2.20. The number of hydrogen-bond acceptors (Lipinski definition) is 6. The summed E-state index contributed by atoms with van der Waals surface area (Å²) >= 11 is 0. The molecule has 92 valence electrons. The molecule has 0 saturated carbocycles. The minimum Gasteiger partial charge on any atom is -0.468 e. The third-order valence-electron chi connectivity index (χ3n) is 2.84. The first-order valence-corrected chi connectivity index (χ1v) is 5.45. The molecular formula is C11H15N3O3. The lowest BCUT2D eigenvalue weighted by Crippen LogP contribution is -2.36. The third kappa shape index (κ3) is 2.78. The summed E-state index contributed by atoms with van der Waals surface area (Å²) in [6.07, 6.45) is 4.77. The van der Waals surface area contributed by atoms with Gasteiger partial charge in [0, 0.05) is 38.1 Å². The number of carbonyl (C=O) groups excluding carboxylic acids is 1. The molecule has 1 aliphatic heterocycles. The number of carbonyl (C=O) groups is 1. The lowest BCUT2D eigenvalue weighted by atomic mass is 10.2. The van der Waals surface area contributed by atoms with E-state index in [1.54, 1.807) is 18.6 Å². The van der Waals surface area contributed by atoms with Crippen molar-refractivity contribution in [3.8, 4) is 0 Å². The van der Waals surface area contributed by atoms with E-state index in [2.05, 4.69) is 9.97 Å². The summed E-state index contributed by atoms with van der Waals surface area (Å²) in [5, 5.41) is 9.61. The molecule has 6 heteroatoms. The van der Waals surface area contributed by atoms with E-state index in [4.69, 9.17) is 4.74 Å². The summed E-state index contributed by atoms with van der Waals surface area (Å²) in [5.41, 5.74) is 0.774. The maximum Gasteiger partial charge on any atom is 0.323 e. The summed E-state index contributed by atoms with van der Waals surface area (Å²) < 4.78 is 4.72. The van der Waals surface area contributed by atoms with Gasteiger partial charge in [-0.2, -0.15) is 0 Å². The van der Waals surface area contributed by atoms with E-state index in [9.17, 15) is 9.90 Å².